The number of likely N-dealkylation sites (tertiary alicyclic amines) is 1. The molecule has 2 nitrogen and oxygen atoms in total. The molecule has 1 atom stereocenters. The molecule has 1 saturated heterocycles. The van der Waals surface area contributed by atoms with Gasteiger partial charge in [0.25, 0.3) is 0 Å². The van der Waals surface area contributed by atoms with Crippen LogP contribution in [-0.4, -0.2) is 29.2 Å². The van der Waals surface area contributed by atoms with Crippen LogP contribution in [0.15, 0.2) is 23.4 Å². The Hall–Kier alpha value is -0.540. The second-order valence-electron chi connectivity index (χ2n) is 4.68. The zero-order chi connectivity index (χ0) is 12.1. The van der Waals surface area contributed by atoms with Crippen molar-refractivity contribution in [1.82, 2.24) is 9.88 Å². The van der Waals surface area contributed by atoms with Gasteiger partial charge in [-0.25, -0.2) is 4.98 Å². The van der Waals surface area contributed by atoms with Gasteiger partial charge in [-0.15, -0.1) is 11.8 Å². The molecule has 0 saturated carbocycles. The molecule has 0 radical (unpaired) electrons. The van der Waals surface area contributed by atoms with Crippen molar-refractivity contribution in [3.63, 3.8) is 0 Å². The van der Waals surface area contributed by atoms with Crippen LogP contribution in [0.2, 0.25) is 0 Å². The van der Waals surface area contributed by atoms with E-state index in [1.165, 1.54) is 44.3 Å². The van der Waals surface area contributed by atoms with Gasteiger partial charge in [-0.3, -0.25) is 4.90 Å². The highest BCUT2D eigenvalue weighted by Crippen LogP contribution is 2.32. The molecule has 0 N–H and O–H groups in total. The third kappa shape index (κ3) is 3.23. The Morgan fingerprint density at radius 1 is 1.47 bits per heavy atom. The van der Waals surface area contributed by atoms with Gasteiger partial charge in [0.05, 0.1) is 5.03 Å². The van der Waals surface area contributed by atoms with Crippen LogP contribution < -0.4 is 0 Å². The van der Waals surface area contributed by atoms with Crippen LogP contribution in [-0.2, 0) is 0 Å². The first kappa shape index (κ1) is 12.9. The minimum atomic E-state index is 0.616. The van der Waals surface area contributed by atoms with Crippen LogP contribution in [0.5, 0.6) is 0 Å². The highest BCUT2D eigenvalue weighted by Gasteiger charge is 2.25. The second-order valence-corrected chi connectivity index (χ2v) is 5.51. The topological polar surface area (TPSA) is 16.1 Å². The smallest absolute Gasteiger partial charge is 0.0957 e. The van der Waals surface area contributed by atoms with Crippen molar-refractivity contribution in [3.8, 4) is 0 Å². The molecule has 0 bridgehead atoms. The van der Waals surface area contributed by atoms with E-state index < -0.39 is 0 Å². The van der Waals surface area contributed by atoms with Crippen LogP contribution in [0.1, 0.15) is 44.2 Å². The van der Waals surface area contributed by atoms with Gasteiger partial charge in [0.2, 0.25) is 0 Å². The summed E-state index contributed by atoms with van der Waals surface area (Å²) >= 11 is 1.71. The lowest BCUT2D eigenvalue weighted by Crippen LogP contribution is -2.24. The van der Waals surface area contributed by atoms with E-state index in [2.05, 4.69) is 41.4 Å². The summed E-state index contributed by atoms with van der Waals surface area (Å²) in [6.45, 7) is 4.76. The van der Waals surface area contributed by atoms with Crippen LogP contribution in [0, 0.1) is 0 Å². The molecule has 1 aromatic rings. The Bertz CT molecular complexity index is 337. The number of nitrogens with zero attached hydrogens (tertiary/aromatic N) is 2. The highest BCUT2D eigenvalue weighted by atomic mass is 32.2. The molecule has 3 heteroatoms. The van der Waals surface area contributed by atoms with E-state index in [9.17, 15) is 0 Å². The van der Waals surface area contributed by atoms with Crippen molar-refractivity contribution in [2.45, 2.75) is 43.7 Å². The SMILES string of the molecule is CCCCN1CCC[C@H]1c1ccc(SC)nc1. The summed E-state index contributed by atoms with van der Waals surface area (Å²) in [6, 6.07) is 5.02. The fourth-order valence-corrected chi connectivity index (χ4v) is 2.90. The van der Waals surface area contributed by atoms with E-state index in [0.717, 1.165) is 5.03 Å². The van der Waals surface area contributed by atoms with E-state index in [4.69, 9.17) is 0 Å². The molecule has 1 aliphatic rings. The van der Waals surface area contributed by atoms with E-state index in [1.807, 2.05) is 0 Å². The maximum Gasteiger partial charge on any atom is 0.0957 e. The van der Waals surface area contributed by atoms with Crippen LogP contribution in [0.4, 0.5) is 0 Å². The molecule has 0 spiro atoms. The highest BCUT2D eigenvalue weighted by molar-refractivity contribution is 7.98. The predicted molar refractivity (Wildman–Crippen MR) is 74.5 cm³/mol. The zero-order valence-corrected chi connectivity index (χ0v) is 11.7. The van der Waals surface area contributed by atoms with Gasteiger partial charge in [-0.05, 0) is 50.2 Å². The molecule has 2 rings (SSSR count). The Labute approximate surface area is 109 Å². The first-order chi connectivity index (χ1) is 8.35. The van der Waals surface area contributed by atoms with Crippen molar-refractivity contribution >= 4 is 11.8 Å². The Morgan fingerprint density at radius 2 is 2.35 bits per heavy atom. The van der Waals surface area contributed by atoms with Crippen LogP contribution >= 0.6 is 11.8 Å². The molecule has 1 aromatic heterocycles. The molecule has 1 aliphatic heterocycles. The standard InChI is InChI=1S/C14H22N2S/c1-3-4-9-16-10-5-6-13(16)12-7-8-14(17-2)15-11-12/h7-8,11,13H,3-6,9-10H2,1-2H3/t13-/m0/s1. The minimum Gasteiger partial charge on any atom is -0.296 e. The van der Waals surface area contributed by atoms with Gasteiger partial charge < -0.3 is 0 Å². The summed E-state index contributed by atoms with van der Waals surface area (Å²) in [5.41, 5.74) is 1.40. The summed E-state index contributed by atoms with van der Waals surface area (Å²) in [4.78, 5) is 7.12. The molecule has 2 heterocycles. The molecule has 94 valence electrons. The number of thioether (sulfide) groups is 1. The number of hydrogen-bond acceptors (Lipinski definition) is 3. The van der Waals surface area contributed by atoms with E-state index in [1.54, 1.807) is 11.8 Å². The summed E-state index contributed by atoms with van der Waals surface area (Å²) in [6.07, 6.45) is 9.37. The number of aromatic nitrogens is 1. The fourth-order valence-electron chi connectivity index (χ4n) is 2.54. The Balaban J connectivity index is 2.03. The number of hydrogen-bond donors (Lipinski definition) is 0. The van der Waals surface area contributed by atoms with Crippen LogP contribution in [0.3, 0.4) is 0 Å². The normalized spacial score (nSPS) is 20.9. The van der Waals surface area contributed by atoms with Crippen molar-refractivity contribution < 1.29 is 0 Å². The summed E-state index contributed by atoms with van der Waals surface area (Å²) < 4.78 is 0. The lowest BCUT2D eigenvalue weighted by molar-refractivity contribution is 0.253. The average Bonchev–Trinajstić information content (AvgIpc) is 2.84. The summed E-state index contributed by atoms with van der Waals surface area (Å²) in [5, 5.41) is 1.12. The van der Waals surface area contributed by atoms with Crippen molar-refractivity contribution in [1.29, 1.82) is 0 Å². The summed E-state index contributed by atoms with van der Waals surface area (Å²) in [5.74, 6) is 0. The maximum atomic E-state index is 4.49. The monoisotopic (exact) mass is 250 g/mol. The third-order valence-electron chi connectivity index (χ3n) is 3.52. The van der Waals surface area contributed by atoms with Gasteiger partial charge >= 0.3 is 0 Å². The molecule has 0 aromatic carbocycles. The van der Waals surface area contributed by atoms with Gasteiger partial charge in [0.1, 0.15) is 0 Å². The van der Waals surface area contributed by atoms with Gasteiger partial charge in [0.15, 0.2) is 0 Å². The first-order valence-corrected chi connectivity index (χ1v) is 7.81. The number of rotatable bonds is 5. The van der Waals surface area contributed by atoms with Crippen molar-refractivity contribution in [3.05, 3.63) is 23.9 Å². The van der Waals surface area contributed by atoms with E-state index >= 15 is 0 Å². The molecular weight excluding hydrogens is 228 g/mol. The zero-order valence-electron chi connectivity index (χ0n) is 10.9. The molecule has 0 aliphatic carbocycles. The van der Waals surface area contributed by atoms with Gasteiger partial charge in [-0.2, -0.15) is 0 Å². The molecule has 1 fully saturated rings. The number of pyridine rings is 1. The Morgan fingerprint density at radius 3 is 3.00 bits per heavy atom. The molecular formula is C14H22N2S. The lowest BCUT2D eigenvalue weighted by Gasteiger charge is -2.24. The van der Waals surface area contributed by atoms with Gasteiger partial charge in [-0.1, -0.05) is 19.4 Å². The van der Waals surface area contributed by atoms with Gasteiger partial charge in [0, 0.05) is 12.2 Å². The van der Waals surface area contributed by atoms with E-state index in [0.29, 0.717) is 6.04 Å². The maximum absolute atomic E-state index is 4.49. The molecule has 0 amide bonds. The fraction of sp³-hybridized carbons (Fsp3) is 0.643. The average molecular weight is 250 g/mol. The third-order valence-corrected chi connectivity index (χ3v) is 4.18. The van der Waals surface area contributed by atoms with E-state index in [-0.39, 0.29) is 0 Å². The molecule has 0 unspecified atom stereocenters. The lowest BCUT2D eigenvalue weighted by atomic mass is 10.1. The predicted octanol–water partition coefficient (Wildman–Crippen LogP) is 3.74. The Kier molecular flexibility index (Phi) is 4.86. The van der Waals surface area contributed by atoms with Crippen molar-refractivity contribution in [2.24, 2.45) is 0 Å². The van der Waals surface area contributed by atoms with Crippen molar-refractivity contribution in [2.75, 3.05) is 19.3 Å². The summed E-state index contributed by atoms with van der Waals surface area (Å²) in [7, 11) is 0. The number of unbranched alkanes of at least 4 members (excludes halogenated alkanes) is 1. The van der Waals surface area contributed by atoms with Crippen LogP contribution in [0.25, 0.3) is 0 Å². The second kappa shape index (κ2) is 6.41. The minimum absolute atomic E-state index is 0.616. The molecule has 17 heavy (non-hydrogen) atoms. The largest absolute Gasteiger partial charge is 0.296 e. The first-order valence-electron chi connectivity index (χ1n) is 6.59. The quantitative estimate of drug-likeness (QED) is 0.741.